The smallest absolute Gasteiger partial charge is 0.309 e. The predicted molar refractivity (Wildman–Crippen MR) is 259 cm³/mol. The van der Waals surface area contributed by atoms with E-state index >= 15 is 0 Å². The Labute approximate surface area is 398 Å². The first-order valence-electron chi connectivity index (χ1n) is 22.2. The van der Waals surface area contributed by atoms with Crippen molar-refractivity contribution in [2.45, 2.75) is 65.0 Å². The molecule has 2 aromatic heterocycles. The summed E-state index contributed by atoms with van der Waals surface area (Å²) in [6.45, 7) is 8.72. The number of carbonyl (C=O) groups excluding carboxylic acids is 3. The van der Waals surface area contributed by atoms with Crippen LogP contribution < -0.4 is 34.9 Å². The monoisotopic (exact) mass is 937 g/mol. The molecule has 0 fully saturated rings. The maximum atomic E-state index is 13.3. The Morgan fingerprint density at radius 2 is 0.942 bits per heavy atom. The van der Waals surface area contributed by atoms with Crippen LogP contribution in [0.2, 0.25) is 0 Å². The summed E-state index contributed by atoms with van der Waals surface area (Å²) >= 11 is 0. The number of ether oxygens (including phenoxy) is 4. The molecule has 0 unspecified atom stereocenters. The van der Waals surface area contributed by atoms with Crippen LogP contribution in [0.5, 0.6) is 23.0 Å². The summed E-state index contributed by atoms with van der Waals surface area (Å²) in [5.41, 5.74) is 4.84. The lowest BCUT2D eigenvalue weighted by molar-refractivity contribution is -0.140. The SMILES string of the molecule is COc1cccc([C@@H](Oc2ccc3c(cnn3-c3ccc(F)cc3)c2)[C@H](C)NC(=O)C(=O)NC(C)C)c1.COc1cccc([C@@H](Oc2ccc3c(cnn3-c3ccc(F)cc3)c2)[C@H](C)NC(C)=O)c1. The molecule has 69 heavy (non-hydrogen) atoms. The molecule has 14 nitrogen and oxygen atoms in total. The van der Waals surface area contributed by atoms with Gasteiger partial charge in [0.05, 0.1) is 61.1 Å². The second-order valence-electron chi connectivity index (χ2n) is 16.5. The summed E-state index contributed by atoms with van der Waals surface area (Å²) in [6.07, 6.45) is 2.38. The molecular weight excluding hydrogens is 885 g/mol. The quantitative estimate of drug-likeness (QED) is 0.0853. The average Bonchev–Trinajstić information content (AvgIpc) is 3.97. The Balaban J connectivity index is 0.000000206. The summed E-state index contributed by atoms with van der Waals surface area (Å²) in [4.78, 5) is 36.3. The normalized spacial score (nSPS) is 12.8. The van der Waals surface area contributed by atoms with Gasteiger partial charge in [-0.15, -0.1) is 0 Å². The van der Waals surface area contributed by atoms with Crippen LogP contribution in [0.3, 0.4) is 0 Å². The molecule has 0 aliphatic heterocycles. The van der Waals surface area contributed by atoms with Gasteiger partial charge in [-0.2, -0.15) is 10.2 Å². The van der Waals surface area contributed by atoms with Crippen LogP contribution in [0.15, 0.2) is 146 Å². The maximum absolute atomic E-state index is 13.3. The molecule has 8 rings (SSSR count). The van der Waals surface area contributed by atoms with Gasteiger partial charge in [0.1, 0.15) is 46.8 Å². The second kappa shape index (κ2) is 22.0. The van der Waals surface area contributed by atoms with Gasteiger partial charge in [0.25, 0.3) is 0 Å². The van der Waals surface area contributed by atoms with Crippen LogP contribution in [-0.2, 0) is 14.4 Å². The van der Waals surface area contributed by atoms with Crippen molar-refractivity contribution >= 4 is 39.5 Å². The molecule has 0 saturated carbocycles. The number of fused-ring (bicyclic) bond motifs is 2. The highest BCUT2D eigenvalue weighted by Crippen LogP contribution is 2.32. The Kier molecular flexibility index (Phi) is 15.5. The van der Waals surface area contributed by atoms with E-state index < -0.39 is 30.1 Å². The highest BCUT2D eigenvalue weighted by molar-refractivity contribution is 6.35. The Bertz CT molecular complexity index is 3050. The highest BCUT2D eigenvalue weighted by atomic mass is 19.1. The molecule has 0 bridgehead atoms. The third kappa shape index (κ3) is 12.2. The zero-order valence-electron chi connectivity index (χ0n) is 39.1. The lowest BCUT2D eigenvalue weighted by atomic mass is 10.0. The first kappa shape index (κ1) is 48.7. The molecule has 3 N–H and O–H groups in total. The molecule has 16 heteroatoms. The first-order valence-corrected chi connectivity index (χ1v) is 22.2. The van der Waals surface area contributed by atoms with Crippen LogP contribution in [0.1, 0.15) is 58.0 Å². The van der Waals surface area contributed by atoms with E-state index in [2.05, 4.69) is 26.1 Å². The first-order chi connectivity index (χ1) is 33.2. The summed E-state index contributed by atoms with van der Waals surface area (Å²) in [5, 5.41) is 18.8. The van der Waals surface area contributed by atoms with Crippen LogP contribution in [-0.4, -0.2) is 69.6 Å². The average molecular weight is 938 g/mol. The van der Waals surface area contributed by atoms with Crippen LogP contribution in [0.25, 0.3) is 33.2 Å². The van der Waals surface area contributed by atoms with E-state index in [4.69, 9.17) is 18.9 Å². The standard InChI is InChI=1S/C28H29FN4O4.C25H24FN3O3/c1-17(2)31-27(34)28(35)32-18(3)26(19-6-5-7-23(14-19)36-4)37-24-12-13-25-20(15-24)16-30-33(25)22-10-8-21(29)9-11-22;1-16(28-17(2)30)25(18-5-4-6-22(13-18)31-3)32-23-11-12-24-19(14-23)15-27-29(24)21-9-7-20(26)8-10-21/h5-18,26H,1-4H3,(H,31,34)(H,32,35);4-16,25H,1-3H3,(H,28,30)/t18-,26-;16-,25-/m00/s1. The summed E-state index contributed by atoms with van der Waals surface area (Å²) < 4.78 is 53.5. The lowest BCUT2D eigenvalue weighted by Gasteiger charge is -2.27. The molecule has 0 saturated heterocycles. The van der Waals surface area contributed by atoms with Gasteiger partial charge in [-0.05, 0) is 148 Å². The van der Waals surface area contributed by atoms with Crippen molar-refractivity contribution < 1.29 is 42.1 Å². The predicted octanol–water partition coefficient (Wildman–Crippen LogP) is 9.14. The number of hydrogen-bond acceptors (Lipinski definition) is 9. The third-order valence-electron chi connectivity index (χ3n) is 10.9. The zero-order valence-corrected chi connectivity index (χ0v) is 39.1. The molecule has 3 amide bonds. The lowest BCUT2D eigenvalue weighted by Crippen LogP contribution is -2.48. The minimum atomic E-state index is -0.742. The molecule has 0 radical (unpaired) electrons. The van der Waals surface area contributed by atoms with Crippen LogP contribution >= 0.6 is 0 Å². The fourth-order valence-electron chi connectivity index (χ4n) is 7.66. The number of methoxy groups -OCH3 is 2. The number of halogens is 2. The number of rotatable bonds is 15. The van der Waals surface area contributed by atoms with E-state index in [0.717, 1.165) is 44.3 Å². The van der Waals surface area contributed by atoms with Gasteiger partial charge in [0.15, 0.2) is 0 Å². The van der Waals surface area contributed by atoms with Crippen molar-refractivity contribution in [1.29, 1.82) is 0 Å². The molecule has 2 heterocycles. The van der Waals surface area contributed by atoms with Crippen molar-refractivity contribution in [1.82, 2.24) is 35.5 Å². The Morgan fingerprint density at radius 3 is 1.35 bits per heavy atom. The van der Waals surface area contributed by atoms with Crippen molar-refractivity contribution in [2.75, 3.05) is 14.2 Å². The van der Waals surface area contributed by atoms with E-state index in [-0.39, 0.29) is 29.6 Å². The zero-order chi connectivity index (χ0) is 49.2. The van der Waals surface area contributed by atoms with Gasteiger partial charge < -0.3 is 34.9 Å². The van der Waals surface area contributed by atoms with Crippen molar-refractivity contribution in [2.24, 2.45) is 0 Å². The van der Waals surface area contributed by atoms with Gasteiger partial charge in [-0.1, -0.05) is 24.3 Å². The Morgan fingerprint density at radius 1 is 0.522 bits per heavy atom. The van der Waals surface area contributed by atoms with Crippen molar-refractivity contribution in [3.05, 3.63) is 169 Å². The summed E-state index contributed by atoms with van der Waals surface area (Å²) in [5.74, 6) is 0.341. The van der Waals surface area contributed by atoms with E-state index in [1.54, 1.807) is 87.1 Å². The third-order valence-corrected chi connectivity index (χ3v) is 10.9. The highest BCUT2D eigenvalue weighted by Gasteiger charge is 2.27. The van der Waals surface area contributed by atoms with E-state index in [1.807, 2.05) is 85.8 Å². The van der Waals surface area contributed by atoms with E-state index in [1.165, 1.54) is 31.2 Å². The van der Waals surface area contributed by atoms with Crippen molar-refractivity contribution in [3.8, 4) is 34.4 Å². The van der Waals surface area contributed by atoms with Gasteiger partial charge in [-0.3, -0.25) is 14.4 Å². The van der Waals surface area contributed by atoms with Crippen LogP contribution in [0, 0.1) is 11.6 Å². The maximum Gasteiger partial charge on any atom is 0.309 e. The largest absolute Gasteiger partial charge is 0.497 e. The van der Waals surface area contributed by atoms with E-state index in [0.29, 0.717) is 23.0 Å². The number of nitrogens with zero attached hydrogens (tertiary/aromatic N) is 4. The summed E-state index contributed by atoms with van der Waals surface area (Å²) in [6, 6.07) is 37.4. The number of nitrogens with one attached hydrogen (secondary N) is 3. The fourth-order valence-corrected chi connectivity index (χ4v) is 7.66. The molecule has 8 aromatic rings. The number of carbonyl (C=O) groups is 3. The number of aromatic nitrogens is 4. The molecule has 0 aliphatic carbocycles. The second-order valence-corrected chi connectivity index (χ2v) is 16.5. The van der Waals surface area contributed by atoms with Gasteiger partial charge in [-0.25, -0.2) is 18.1 Å². The van der Waals surface area contributed by atoms with Crippen molar-refractivity contribution in [3.63, 3.8) is 0 Å². The molecule has 356 valence electrons. The van der Waals surface area contributed by atoms with Gasteiger partial charge in [0.2, 0.25) is 5.91 Å². The minimum Gasteiger partial charge on any atom is -0.497 e. The van der Waals surface area contributed by atoms with E-state index in [9.17, 15) is 23.2 Å². The number of hydrogen-bond donors (Lipinski definition) is 3. The molecule has 0 spiro atoms. The minimum absolute atomic E-state index is 0.134. The number of amides is 3. The molecule has 0 aliphatic rings. The molecular formula is C53H53F2N7O7. The van der Waals surface area contributed by atoms with Crippen LogP contribution in [0.4, 0.5) is 8.78 Å². The topological polar surface area (TPSA) is 160 Å². The van der Waals surface area contributed by atoms with Gasteiger partial charge in [0, 0.05) is 23.7 Å². The molecule has 6 aromatic carbocycles. The van der Waals surface area contributed by atoms with Gasteiger partial charge >= 0.3 is 11.8 Å². The fraction of sp³-hybridized carbons (Fsp3) is 0.226. The number of benzene rings is 6. The molecule has 4 atom stereocenters. The summed E-state index contributed by atoms with van der Waals surface area (Å²) in [7, 11) is 3.18. The Hall–Kier alpha value is -8.27.